The molecule has 0 unspecified atom stereocenters. The van der Waals surface area contributed by atoms with Crippen LogP contribution in [0.25, 0.3) is 0 Å². The molecule has 4 bridgehead atoms. The van der Waals surface area contributed by atoms with Crippen LogP contribution in [-0.2, 0) is 24.3 Å². The van der Waals surface area contributed by atoms with Crippen LogP contribution in [-0.4, -0.2) is 34.0 Å². The molecule has 5 saturated carbocycles. The zero-order valence-electron chi connectivity index (χ0n) is 21.3. The molecule has 37 heavy (non-hydrogen) atoms. The summed E-state index contributed by atoms with van der Waals surface area (Å²) in [7, 11) is 0. The second-order valence-electron chi connectivity index (χ2n) is 12.0. The van der Waals surface area contributed by atoms with E-state index in [4.69, 9.17) is 31.2 Å². The number of rotatable bonds is 5. The molecule has 1 N–H and O–H groups in total. The second kappa shape index (κ2) is 9.62. The number of halogens is 1. The molecule has 1 aromatic heterocycles. The Labute approximate surface area is 221 Å². The van der Waals surface area contributed by atoms with Gasteiger partial charge in [0.15, 0.2) is 5.82 Å². The van der Waals surface area contributed by atoms with Crippen molar-refractivity contribution in [3.05, 3.63) is 17.0 Å². The van der Waals surface area contributed by atoms with Crippen molar-refractivity contribution < 1.29 is 24.3 Å². The van der Waals surface area contributed by atoms with Gasteiger partial charge in [0.05, 0.1) is 6.20 Å². The number of hydrogen-bond donors (Lipinski definition) is 1. The van der Waals surface area contributed by atoms with Crippen LogP contribution < -0.4 is 10.4 Å². The summed E-state index contributed by atoms with van der Waals surface area (Å²) in [5, 5.41) is 11.1. The van der Waals surface area contributed by atoms with Crippen LogP contribution in [0.3, 0.4) is 0 Å². The van der Waals surface area contributed by atoms with Crippen LogP contribution in [0.2, 0.25) is 5.02 Å². The highest BCUT2D eigenvalue weighted by Crippen LogP contribution is 2.61. The maximum Gasteiger partial charge on any atom is 0.241 e. The lowest BCUT2D eigenvalue weighted by Crippen LogP contribution is -2.65. The molecule has 2 heterocycles. The molecule has 10 nitrogen and oxygen atoms in total. The van der Waals surface area contributed by atoms with Crippen molar-refractivity contribution >= 4 is 23.3 Å². The third-order valence-corrected chi connectivity index (χ3v) is 9.18. The fourth-order valence-corrected chi connectivity index (χ4v) is 7.48. The Morgan fingerprint density at radius 3 is 2.32 bits per heavy atom. The zero-order chi connectivity index (χ0) is 25.8. The number of hydrazine groups is 1. The van der Waals surface area contributed by atoms with E-state index in [9.17, 15) is 10.1 Å². The molecule has 1 amide bonds. The van der Waals surface area contributed by atoms with Crippen molar-refractivity contribution in [2.24, 2.45) is 35.5 Å². The third-order valence-electron chi connectivity index (χ3n) is 8.92. The summed E-state index contributed by atoms with van der Waals surface area (Å²) in [5.74, 6) is 0.579. The topological polar surface area (TPSA) is 119 Å². The number of carbonyl (C=O) groups excluding carboxylic acids is 1. The van der Waals surface area contributed by atoms with Crippen molar-refractivity contribution in [3.63, 3.8) is 0 Å². The van der Waals surface area contributed by atoms with Crippen molar-refractivity contribution in [2.45, 2.75) is 83.2 Å². The van der Waals surface area contributed by atoms with E-state index >= 15 is 0 Å². The molecule has 0 aromatic carbocycles. The number of hydrogen-bond acceptors (Lipinski definition) is 9. The summed E-state index contributed by atoms with van der Waals surface area (Å²) in [6.45, 7) is 4.53. The number of amides is 1. The van der Waals surface area contributed by atoms with Crippen LogP contribution in [0.1, 0.15) is 77.5 Å². The Morgan fingerprint density at radius 1 is 1.14 bits per heavy atom. The summed E-state index contributed by atoms with van der Waals surface area (Å²) >= 11 is 6.32. The van der Waals surface area contributed by atoms with Gasteiger partial charge < -0.3 is 0 Å². The molecule has 1 saturated heterocycles. The molecular formula is C26H34ClN5O5. The fraction of sp³-hybridized carbons (Fsp3) is 0.769. The normalized spacial score (nSPS) is 38.2. The van der Waals surface area contributed by atoms with Crippen LogP contribution >= 0.6 is 11.6 Å². The number of nitrogens with zero attached hydrogens (tertiary/aromatic N) is 4. The molecule has 0 radical (unpaired) electrons. The van der Waals surface area contributed by atoms with E-state index in [0.29, 0.717) is 49.9 Å². The molecule has 200 valence electrons. The Morgan fingerprint density at radius 2 is 1.76 bits per heavy atom. The molecule has 11 heteroatoms. The average molecular weight is 532 g/mol. The van der Waals surface area contributed by atoms with E-state index in [1.54, 1.807) is 5.01 Å². The lowest BCUT2D eigenvalue weighted by molar-refractivity contribution is -0.680. The summed E-state index contributed by atoms with van der Waals surface area (Å²) in [6.07, 6.45) is 9.27. The average Bonchev–Trinajstić information content (AvgIpc) is 2.88. The molecule has 0 atom stereocenters. The van der Waals surface area contributed by atoms with Gasteiger partial charge in [-0.25, -0.2) is 4.98 Å². The largest absolute Gasteiger partial charge is 0.273 e. The van der Waals surface area contributed by atoms with Gasteiger partial charge >= 0.3 is 0 Å². The van der Waals surface area contributed by atoms with E-state index in [2.05, 4.69) is 15.4 Å². The smallest absolute Gasteiger partial charge is 0.241 e. The van der Waals surface area contributed by atoms with Crippen molar-refractivity contribution in [1.29, 1.82) is 5.26 Å². The minimum atomic E-state index is -0.980. The molecule has 6 fully saturated rings. The minimum absolute atomic E-state index is 0.00878. The van der Waals surface area contributed by atoms with Crippen LogP contribution in [0.4, 0.5) is 5.82 Å². The first kappa shape index (κ1) is 25.3. The number of carbonyl (C=O) groups is 1. The first-order chi connectivity index (χ1) is 17.8. The number of aromatic nitrogens is 2. The zero-order valence-corrected chi connectivity index (χ0v) is 22.1. The number of nitriles is 1. The van der Waals surface area contributed by atoms with E-state index in [1.165, 1.54) is 12.6 Å². The summed E-state index contributed by atoms with van der Waals surface area (Å²) in [4.78, 5) is 45.6. The van der Waals surface area contributed by atoms with Gasteiger partial charge in [-0.15, -0.1) is 0 Å². The van der Waals surface area contributed by atoms with Crippen LogP contribution in [0, 0.1) is 46.8 Å². The third kappa shape index (κ3) is 4.59. The highest BCUT2D eigenvalue weighted by Gasteiger charge is 2.64. The fourth-order valence-electron chi connectivity index (χ4n) is 7.29. The highest BCUT2D eigenvalue weighted by atomic mass is 35.5. The van der Waals surface area contributed by atoms with Crippen molar-refractivity contribution in [2.75, 3.05) is 11.6 Å². The van der Waals surface area contributed by atoms with Gasteiger partial charge in [-0.3, -0.25) is 15.2 Å². The monoisotopic (exact) mass is 531 g/mol. The van der Waals surface area contributed by atoms with Crippen molar-refractivity contribution in [1.82, 2.24) is 15.4 Å². The van der Waals surface area contributed by atoms with Crippen molar-refractivity contribution in [3.8, 4) is 6.07 Å². The van der Waals surface area contributed by atoms with Gasteiger partial charge in [-0.2, -0.15) is 29.8 Å². The minimum Gasteiger partial charge on any atom is -0.273 e. The molecule has 1 aliphatic heterocycles. The standard InChI is InChI=1S/C26H34ClN5O5/c1-15(2)14-32(23-21(27)13-29-22(12-28)30-23)31-24(33)18-3-5-25(6-4-18)34-36-26(37-35-25)19-8-16-7-17(10-19)11-20(26)9-16/h13,15-20H,3-11,14H2,1-2H3,(H,31,33). The molecule has 6 aliphatic rings. The lowest BCUT2D eigenvalue weighted by Gasteiger charge is -2.60. The SMILES string of the molecule is CC(C)CN(NC(=O)C1CCC2(CC1)OOC1(OO2)C2CC3CC(C2)CC1C3)c1nc(C#N)ncc1Cl. The Bertz CT molecular complexity index is 1050. The predicted octanol–water partition coefficient (Wildman–Crippen LogP) is 4.44. The number of anilines is 1. The van der Waals surface area contributed by atoms with Gasteiger partial charge in [-0.1, -0.05) is 25.4 Å². The van der Waals surface area contributed by atoms with Crippen LogP contribution in [0.15, 0.2) is 6.20 Å². The van der Waals surface area contributed by atoms with Gasteiger partial charge in [0, 0.05) is 37.1 Å². The van der Waals surface area contributed by atoms with Crippen LogP contribution in [0.5, 0.6) is 0 Å². The number of nitrogens with one attached hydrogen (secondary N) is 1. The molecule has 7 rings (SSSR count). The Kier molecular flexibility index (Phi) is 6.56. The van der Waals surface area contributed by atoms with E-state index < -0.39 is 11.6 Å². The quantitative estimate of drug-likeness (QED) is 0.434. The van der Waals surface area contributed by atoms with E-state index in [-0.39, 0.29) is 28.6 Å². The summed E-state index contributed by atoms with van der Waals surface area (Å²) in [6, 6.07) is 1.92. The highest BCUT2D eigenvalue weighted by molar-refractivity contribution is 6.32. The first-order valence-electron chi connectivity index (χ1n) is 13.5. The van der Waals surface area contributed by atoms with Gasteiger partial charge in [0.25, 0.3) is 0 Å². The molecule has 1 aromatic rings. The Balaban J connectivity index is 1.07. The second-order valence-corrected chi connectivity index (χ2v) is 12.4. The maximum atomic E-state index is 13.3. The van der Waals surface area contributed by atoms with Gasteiger partial charge in [-0.05, 0) is 62.7 Å². The Hall–Kier alpha value is -2.03. The van der Waals surface area contributed by atoms with E-state index in [1.807, 2.05) is 19.9 Å². The lowest BCUT2D eigenvalue weighted by atomic mass is 9.53. The van der Waals surface area contributed by atoms with Gasteiger partial charge in [0.1, 0.15) is 11.1 Å². The molecule has 5 aliphatic carbocycles. The molecular weight excluding hydrogens is 498 g/mol. The van der Waals surface area contributed by atoms with Gasteiger partial charge in [0.2, 0.25) is 23.3 Å². The van der Waals surface area contributed by atoms with E-state index in [0.717, 1.165) is 37.5 Å². The maximum absolute atomic E-state index is 13.3. The summed E-state index contributed by atoms with van der Waals surface area (Å²) in [5.41, 5.74) is 2.97. The predicted molar refractivity (Wildman–Crippen MR) is 131 cm³/mol. The molecule has 2 spiro atoms. The summed E-state index contributed by atoms with van der Waals surface area (Å²) < 4.78 is 0. The first-order valence-corrected chi connectivity index (χ1v) is 13.9.